The van der Waals surface area contributed by atoms with Crippen molar-refractivity contribution in [2.75, 3.05) is 36.8 Å². The fourth-order valence-electron chi connectivity index (χ4n) is 3.85. The van der Waals surface area contributed by atoms with E-state index < -0.39 is 6.04 Å². The second kappa shape index (κ2) is 11.7. The van der Waals surface area contributed by atoms with Gasteiger partial charge in [-0.2, -0.15) is 0 Å². The van der Waals surface area contributed by atoms with Gasteiger partial charge in [0.15, 0.2) is 5.16 Å². The average Bonchev–Trinajstić information content (AvgIpc) is 2.95. The standard InChI is InChI=1S/C21H32ClN7O3S/c1-13(2)24-21(32)29-9-8-28(11-14(29)3)17-10-16(22)26-20(27-17)33-12-18(30)25-15-6-4-5-7-23-19(15)31/h10,13-15H,4-9,11-12H2,1-3H3,(H,23,31)(H,24,32)(H,25,30). The number of rotatable bonds is 6. The summed E-state index contributed by atoms with van der Waals surface area (Å²) >= 11 is 7.41. The smallest absolute Gasteiger partial charge is 0.317 e. The van der Waals surface area contributed by atoms with Crippen LogP contribution < -0.4 is 20.9 Å². The van der Waals surface area contributed by atoms with E-state index in [1.54, 1.807) is 6.07 Å². The molecule has 10 nitrogen and oxygen atoms in total. The largest absolute Gasteiger partial charge is 0.354 e. The molecule has 2 fully saturated rings. The third-order valence-electron chi connectivity index (χ3n) is 5.49. The lowest BCUT2D eigenvalue weighted by Crippen LogP contribution is -2.57. The molecule has 2 aliphatic heterocycles. The molecule has 3 N–H and O–H groups in total. The Kier molecular flexibility index (Phi) is 9.02. The Morgan fingerprint density at radius 3 is 2.82 bits per heavy atom. The van der Waals surface area contributed by atoms with Gasteiger partial charge in [0, 0.05) is 44.3 Å². The Bertz CT molecular complexity index is 872. The van der Waals surface area contributed by atoms with Crippen LogP contribution in [0, 0.1) is 0 Å². The highest BCUT2D eigenvalue weighted by Gasteiger charge is 2.29. The van der Waals surface area contributed by atoms with E-state index in [0.29, 0.717) is 48.7 Å². The van der Waals surface area contributed by atoms with Crippen molar-refractivity contribution >= 4 is 47.0 Å². The molecule has 0 aliphatic carbocycles. The van der Waals surface area contributed by atoms with Crippen LogP contribution in [0.5, 0.6) is 0 Å². The zero-order chi connectivity index (χ0) is 24.0. The Balaban J connectivity index is 1.57. The lowest BCUT2D eigenvalue weighted by atomic mass is 10.1. The molecule has 0 radical (unpaired) electrons. The molecule has 1 aromatic rings. The number of urea groups is 1. The number of aromatic nitrogens is 2. The number of carbonyl (C=O) groups excluding carboxylic acids is 3. The van der Waals surface area contributed by atoms with Crippen LogP contribution in [0.3, 0.4) is 0 Å². The van der Waals surface area contributed by atoms with E-state index in [-0.39, 0.29) is 35.7 Å². The van der Waals surface area contributed by atoms with E-state index in [4.69, 9.17) is 11.6 Å². The zero-order valence-corrected chi connectivity index (χ0v) is 20.8. The van der Waals surface area contributed by atoms with Gasteiger partial charge in [-0.3, -0.25) is 9.59 Å². The fraction of sp³-hybridized carbons (Fsp3) is 0.667. The molecule has 4 amide bonds. The van der Waals surface area contributed by atoms with Crippen LogP contribution >= 0.6 is 23.4 Å². The molecule has 0 bridgehead atoms. The number of amides is 4. The fourth-order valence-corrected chi connectivity index (χ4v) is 4.74. The Hall–Kier alpha value is -2.27. The molecular formula is C21H32ClN7O3S. The first-order chi connectivity index (χ1) is 15.7. The lowest BCUT2D eigenvalue weighted by molar-refractivity contribution is -0.127. The molecule has 33 heavy (non-hydrogen) atoms. The second-order valence-corrected chi connectivity index (χ2v) is 9.95. The lowest BCUT2D eigenvalue weighted by Gasteiger charge is -2.40. The summed E-state index contributed by atoms with van der Waals surface area (Å²) in [6.45, 7) is 8.31. The van der Waals surface area contributed by atoms with Crippen molar-refractivity contribution in [3.05, 3.63) is 11.2 Å². The molecule has 182 valence electrons. The highest BCUT2D eigenvalue weighted by molar-refractivity contribution is 7.99. The minimum atomic E-state index is -0.498. The number of piperazine rings is 1. The van der Waals surface area contributed by atoms with Gasteiger partial charge in [0.1, 0.15) is 17.0 Å². The predicted molar refractivity (Wildman–Crippen MR) is 129 cm³/mol. The first kappa shape index (κ1) is 25.4. The van der Waals surface area contributed by atoms with Crippen molar-refractivity contribution in [2.45, 2.75) is 63.3 Å². The van der Waals surface area contributed by atoms with Crippen LogP contribution in [0.1, 0.15) is 40.0 Å². The van der Waals surface area contributed by atoms with Crippen LogP contribution in [0.15, 0.2) is 11.2 Å². The first-order valence-electron chi connectivity index (χ1n) is 11.3. The molecule has 3 heterocycles. The quantitative estimate of drug-likeness (QED) is 0.310. The number of hydrogen-bond acceptors (Lipinski definition) is 7. The average molecular weight is 498 g/mol. The molecule has 2 unspecified atom stereocenters. The summed E-state index contributed by atoms with van der Waals surface area (Å²) in [6, 6.07) is 1.21. The third kappa shape index (κ3) is 7.36. The molecule has 12 heteroatoms. The first-order valence-corrected chi connectivity index (χ1v) is 12.7. The SMILES string of the molecule is CC(C)NC(=O)N1CCN(c2cc(Cl)nc(SCC(=O)NC3CCCCNC3=O)n2)CC1C. The van der Waals surface area contributed by atoms with Gasteiger partial charge in [-0.05, 0) is 40.0 Å². The van der Waals surface area contributed by atoms with Crippen molar-refractivity contribution in [2.24, 2.45) is 0 Å². The predicted octanol–water partition coefficient (Wildman–Crippen LogP) is 1.64. The van der Waals surface area contributed by atoms with Gasteiger partial charge >= 0.3 is 6.03 Å². The van der Waals surface area contributed by atoms with Crippen molar-refractivity contribution < 1.29 is 14.4 Å². The van der Waals surface area contributed by atoms with Gasteiger partial charge in [0.25, 0.3) is 0 Å². The summed E-state index contributed by atoms with van der Waals surface area (Å²) < 4.78 is 0. The Morgan fingerprint density at radius 2 is 2.09 bits per heavy atom. The molecule has 2 saturated heterocycles. The van der Waals surface area contributed by atoms with Gasteiger partial charge in [0.2, 0.25) is 11.8 Å². The maximum atomic E-state index is 12.4. The van der Waals surface area contributed by atoms with Crippen LogP contribution in [0.2, 0.25) is 5.15 Å². The number of anilines is 1. The van der Waals surface area contributed by atoms with Crippen LogP contribution in [0.4, 0.5) is 10.6 Å². The molecular weight excluding hydrogens is 466 g/mol. The van der Waals surface area contributed by atoms with E-state index in [2.05, 4.69) is 30.8 Å². The molecule has 2 atom stereocenters. The molecule has 0 aromatic carbocycles. The molecule has 1 aromatic heterocycles. The number of carbonyl (C=O) groups is 3. The van der Waals surface area contributed by atoms with Crippen molar-refractivity contribution in [1.82, 2.24) is 30.8 Å². The van der Waals surface area contributed by atoms with E-state index >= 15 is 0 Å². The summed E-state index contributed by atoms with van der Waals surface area (Å²) in [7, 11) is 0. The summed E-state index contributed by atoms with van der Waals surface area (Å²) in [5.41, 5.74) is 0. The number of hydrogen-bond donors (Lipinski definition) is 3. The molecule has 2 aliphatic rings. The number of halogens is 1. The summed E-state index contributed by atoms with van der Waals surface area (Å²) in [6.07, 6.45) is 2.45. The summed E-state index contributed by atoms with van der Waals surface area (Å²) in [5, 5.41) is 9.22. The maximum Gasteiger partial charge on any atom is 0.317 e. The van der Waals surface area contributed by atoms with Crippen molar-refractivity contribution in [3.8, 4) is 0 Å². The number of nitrogens with one attached hydrogen (secondary N) is 3. The van der Waals surface area contributed by atoms with Crippen molar-refractivity contribution in [3.63, 3.8) is 0 Å². The Labute approximate surface area is 203 Å². The number of nitrogens with zero attached hydrogens (tertiary/aromatic N) is 4. The molecule has 0 saturated carbocycles. The van der Waals surface area contributed by atoms with E-state index in [0.717, 1.165) is 12.8 Å². The monoisotopic (exact) mass is 497 g/mol. The highest BCUT2D eigenvalue weighted by atomic mass is 35.5. The third-order valence-corrected chi connectivity index (χ3v) is 6.53. The van der Waals surface area contributed by atoms with Crippen molar-refractivity contribution in [1.29, 1.82) is 0 Å². The van der Waals surface area contributed by atoms with E-state index in [1.165, 1.54) is 11.8 Å². The van der Waals surface area contributed by atoms with Gasteiger partial charge in [0.05, 0.1) is 5.75 Å². The minimum absolute atomic E-state index is 0.00107. The summed E-state index contributed by atoms with van der Waals surface area (Å²) in [5.74, 6) is 0.369. The second-order valence-electron chi connectivity index (χ2n) is 8.62. The highest BCUT2D eigenvalue weighted by Crippen LogP contribution is 2.24. The van der Waals surface area contributed by atoms with Gasteiger partial charge in [-0.15, -0.1) is 0 Å². The van der Waals surface area contributed by atoms with Gasteiger partial charge in [-0.25, -0.2) is 14.8 Å². The number of thioether (sulfide) groups is 1. The summed E-state index contributed by atoms with van der Waals surface area (Å²) in [4.78, 5) is 49.5. The van der Waals surface area contributed by atoms with Crippen LogP contribution in [0.25, 0.3) is 0 Å². The molecule has 0 spiro atoms. The van der Waals surface area contributed by atoms with Crippen LogP contribution in [-0.4, -0.2) is 82.8 Å². The van der Waals surface area contributed by atoms with E-state index in [1.807, 2.05) is 25.7 Å². The molecule has 3 rings (SSSR count). The maximum absolute atomic E-state index is 12.4. The van der Waals surface area contributed by atoms with Crippen LogP contribution in [-0.2, 0) is 9.59 Å². The minimum Gasteiger partial charge on any atom is -0.354 e. The van der Waals surface area contributed by atoms with Gasteiger partial charge < -0.3 is 25.8 Å². The zero-order valence-electron chi connectivity index (χ0n) is 19.3. The Morgan fingerprint density at radius 1 is 1.30 bits per heavy atom. The topological polar surface area (TPSA) is 120 Å². The van der Waals surface area contributed by atoms with E-state index in [9.17, 15) is 14.4 Å². The normalized spacial score (nSPS) is 21.4. The van der Waals surface area contributed by atoms with Gasteiger partial charge in [-0.1, -0.05) is 23.4 Å².